The maximum Gasteiger partial charge on any atom is 0.252 e. The van der Waals surface area contributed by atoms with Gasteiger partial charge in [-0.05, 0) is 34.5 Å². The third-order valence-corrected chi connectivity index (χ3v) is 4.53. The van der Waals surface area contributed by atoms with Gasteiger partial charge >= 0.3 is 0 Å². The molecule has 0 saturated carbocycles. The molecule has 126 valence electrons. The predicted octanol–water partition coefficient (Wildman–Crippen LogP) is 1.76. The molecule has 8 heteroatoms. The number of nitrogens with one attached hydrogen (secondary N) is 1. The summed E-state index contributed by atoms with van der Waals surface area (Å²) >= 11 is 3.42. The van der Waals surface area contributed by atoms with E-state index >= 15 is 0 Å². The van der Waals surface area contributed by atoms with Crippen molar-refractivity contribution < 1.29 is 19.1 Å². The van der Waals surface area contributed by atoms with Gasteiger partial charge in [0.05, 0.1) is 18.7 Å². The van der Waals surface area contributed by atoms with Crippen molar-refractivity contribution in [1.82, 2.24) is 10.3 Å². The van der Waals surface area contributed by atoms with Crippen LogP contribution >= 0.6 is 15.9 Å². The van der Waals surface area contributed by atoms with E-state index in [4.69, 9.17) is 15.2 Å². The Balaban J connectivity index is 1.97. The number of halogens is 1. The summed E-state index contributed by atoms with van der Waals surface area (Å²) in [5, 5.41) is 4.27. The Bertz CT molecular complexity index is 825. The van der Waals surface area contributed by atoms with Gasteiger partial charge in [-0.15, -0.1) is 0 Å². The normalized spacial score (nSPS) is 16.9. The first kappa shape index (κ1) is 16.5. The summed E-state index contributed by atoms with van der Waals surface area (Å²) < 4.78 is 11.7. The Labute approximate surface area is 146 Å². The molecule has 2 amide bonds. The van der Waals surface area contributed by atoms with E-state index in [-0.39, 0.29) is 17.5 Å². The van der Waals surface area contributed by atoms with E-state index in [0.717, 1.165) is 11.8 Å². The predicted molar refractivity (Wildman–Crippen MR) is 91.2 cm³/mol. The first-order valence-corrected chi connectivity index (χ1v) is 8.17. The topological polar surface area (TPSA) is 104 Å². The van der Waals surface area contributed by atoms with Crippen LogP contribution in [-0.2, 0) is 4.79 Å². The number of carbonyl (C=O) groups is 2. The van der Waals surface area contributed by atoms with Crippen molar-refractivity contribution in [1.29, 1.82) is 0 Å². The van der Waals surface area contributed by atoms with Crippen molar-refractivity contribution in [2.45, 2.75) is 18.9 Å². The van der Waals surface area contributed by atoms with Crippen LogP contribution in [0.2, 0.25) is 0 Å². The SMILES string of the molecule is COc1cc2c(OC[C@@H]3CCC(=O)N3)ncc(Br)c2cc1C(N)=O. The number of nitrogens with zero attached hydrogens (tertiary/aromatic N) is 1. The van der Waals surface area contributed by atoms with Crippen LogP contribution in [-0.4, -0.2) is 36.6 Å². The van der Waals surface area contributed by atoms with Gasteiger partial charge in [0, 0.05) is 27.9 Å². The van der Waals surface area contributed by atoms with Crippen LogP contribution in [0.1, 0.15) is 23.2 Å². The quantitative estimate of drug-likeness (QED) is 0.805. The van der Waals surface area contributed by atoms with Crippen molar-refractivity contribution in [2.24, 2.45) is 5.73 Å². The summed E-state index contributed by atoms with van der Waals surface area (Å²) in [7, 11) is 1.47. The molecule has 2 aromatic rings. The highest BCUT2D eigenvalue weighted by Crippen LogP contribution is 2.35. The minimum atomic E-state index is -0.575. The largest absolute Gasteiger partial charge is 0.496 e. The van der Waals surface area contributed by atoms with Gasteiger partial charge < -0.3 is 20.5 Å². The number of aromatic nitrogens is 1. The van der Waals surface area contributed by atoms with Crippen molar-refractivity contribution >= 4 is 38.5 Å². The summed E-state index contributed by atoms with van der Waals surface area (Å²) in [6.07, 6.45) is 2.85. The maximum absolute atomic E-state index is 11.6. The first-order valence-electron chi connectivity index (χ1n) is 7.37. The molecular formula is C16H16BrN3O4. The second kappa shape index (κ2) is 6.64. The molecule has 2 heterocycles. The highest BCUT2D eigenvalue weighted by atomic mass is 79.9. The number of hydrogen-bond acceptors (Lipinski definition) is 5. The molecule has 0 bridgehead atoms. The molecule has 0 spiro atoms. The zero-order chi connectivity index (χ0) is 17.3. The Morgan fingerprint density at radius 1 is 1.46 bits per heavy atom. The highest BCUT2D eigenvalue weighted by molar-refractivity contribution is 9.10. The molecule has 0 radical (unpaired) electrons. The molecule has 3 rings (SSSR count). The van der Waals surface area contributed by atoms with Crippen molar-refractivity contribution in [3.8, 4) is 11.6 Å². The van der Waals surface area contributed by atoms with E-state index < -0.39 is 5.91 Å². The van der Waals surface area contributed by atoms with E-state index in [9.17, 15) is 9.59 Å². The number of rotatable bonds is 5. The van der Waals surface area contributed by atoms with E-state index in [0.29, 0.717) is 34.5 Å². The average Bonchev–Trinajstić information content (AvgIpc) is 2.98. The third-order valence-electron chi connectivity index (χ3n) is 3.89. The number of methoxy groups -OCH3 is 1. The summed E-state index contributed by atoms with van der Waals surface area (Å²) in [5.74, 6) is 0.219. The molecule has 1 fully saturated rings. The Morgan fingerprint density at radius 3 is 2.88 bits per heavy atom. The van der Waals surface area contributed by atoms with Crippen molar-refractivity contribution in [3.05, 3.63) is 28.4 Å². The molecule has 1 saturated heterocycles. The van der Waals surface area contributed by atoms with Gasteiger partial charge in [0.2, 0.25) is 11.8 Å². The smallest absolute Gasteiger partial charge is 0.252 e. The number of benzene rings is 1. The van der Waals surface area contributed by atoms with Crippen LogP contribution in [0.25, 0.3) is 10.8 Å². The molecule has 1 aliphatic rings. The second-order valence-corrected chi connectivity index (χ2v) is 6.34. The molecule has 1 aromatic heterocycles. The first-order chi connectivity index (χ1) is 11.5. The fourth-order valence-electron chi connectivity index (χ4n) is 2.67. The van der Waals surface area contributed by atoms with Gasteiger partial charge in [-0.25, -0.2) is 4.98 Å². The van der Waals surface area contributed by atoms with Crippen LogP contribution in [0.5, 0.6) is 11.6 Å². The number of amides is 2. The maximum atomic E-state index is 11.6. The van der Waals surface area contributed by atoms with E-state index in [1.54, 1.807) is 18.3 Å². The van der Waals surface area contributed by atoms with Gasteiger partial charge in [0.1, 0.15) is 12.4 Å². The Hall–Kier alpha value is -2.35. The monoisotopic (exact) mass is 393 g/mol. The average molecular weight is 394 g/mol. The molecule has 0 unspecified atom stereocenters. The zero-order valence-corrected chi connectivity index (χ0v) is 14.6. The summed E-state index contributed by atoms with van der Waals surface area (Å²) in [6.45, 7) is 0.329. The van der Waals surface area contributed by atoms with Crippen LogP contribution in [0.4, 0.5) is 0 Å². The fraction of sp³-hybridized carbons (Fsp3) is 0.312. The number of hydrogen-bond donors (Lipinski definition) is 2. The molecule has 0 aliphatic carbocycles. The van der Waals surface area contributed by atoms with Gasteiger partial charge in [-0.2, -0.15) is 0 Å². The van der Waals surface area contributed by atoms with Crippen molar-refractivity contribution in [2.75, 3.05) is 13.7 Å². The minimum absolute atomic E-state index is 0.0233. The molecule has 1 aromatic carbocycles. The summed E-state index contributed by atoms with van der Waals surface area (Å²) in [6, 6.07) is 3.30. The molecular weight excluding hydrogens is 378 g/mol. The number of carbonyl (C=O) groups excluding carboxylic acids is 2. The Kier molecular flexibility index (Phi) is 4.57. The van der Waals surface area contributed by atoms with Crippen LogP contribution in [0.3, 0.4) is 0 Å². The standard InChI is InChI=1S/C16H16BrN3O4/c1-23-13-5-10-9(4-11(13)15(18)22)12(17)6-19-16(10)24-7-8-2-3-14(21)20-8/h4-6,8H,2-3,7H2,1H3,(H2,18,22)(H,20,21)/t8-/m0/s1. The highest BCUT2D eigenvalue weighted by Gasteiger charge is 2.22. The third kappa shape index (κ3) is 3.14. The number of nitrogens with two attached hydrogens (primary N) is 1. The number of primary amides is 1. The number of pyridine rings is 1. The molecule has 3 N–H and O–H groups in total. The number of fused-ring (bicyclic) bond motifs is 1. The van der Waals surface area contributed by atoms with Gasteiger partial charge in [0.25, 0.3) is 5.91 Å². The molecule has 1 aliphatic heterocycles. The zero-order valence-electron chi connectivity index (χ0n) is 13.0. The van der Waals surface area contributed by atoms with Gasteiger partial charge in [0.15, 0.2) is 0 Å². The second-order valence-electron chi connectivity index (χ2n) is 5.49. The van der Waals surface area contributed by atoms with Gasteiger partial charge in [-0.3, -0.25) is 9.59 Å². The lowest BCUT2D eigenvalue weighted by molar-refractivity contribution is -0.119. The number of ether oxygens (including phenoxy) is 2. The van der Waals surface area contributed by atoms with E-state index in [1.165, 1.54) is 7.11 Å². The van der Waals surface area contributed by atoms with Crippen LogP contribution < -0.4 is 20.5 Å². The lowest BCUT2D eigenvalue weighted by Crippen LogP contribution is -2.31. The molecule has 7 nitrogen and oxygen atoms in total. The van der Waals surface area contributed by atoms with E-state index in [1.807, 2.05) is 0 Å². The Morgan fingerprint density at radius 2 is 2.25 bits per heavy atom. The van der Waals surface area contributed by atoms with Crippen molar-refractivity contribution in [3.63, 3.8) is 0 Å². The minimum Gasteiger partial charge on any atom is -0.496 e. The van der Waals surface area contributed by atoms with Crippen LogP contribution in [0.15, 0.2) is 22.8 Å². The van der Waals surface area contributed by atoms with E-state index in [2.05, 4.69) is 26.2 Å². The van der Waals surface area contributed by atoms with Gasteiger partial charge in [-0.1, -0.05) is 0 Å². The summed E-state index contributed by atoms with van der Waals surface area (Å²) in [4.78, 5) is 27.1. The lowest BCUT2D eigenvalue weighted by atomic mass is 10.1. The summed E-state index contributed by atoms with van der Waals surface area (Å²) in [5.41, 5.74) is 5.69. The molecule has 24 heavy (non-hydrogen) atoms. The lowest BCUT2D eigenvalue weighted by Gasteiger charge is -2.15. The van der Waals surface area contributed by atoms with Crippen LogP contribution in [0, 0.1) is 0 Å². The fourth-order valence-corrected chi connectivity index (χ4v) is 3.10. The molecule has 1 atom stereocenters.